The van der Waals surface area contributed by atoms with Crippen molar-refractivity contribution < 1.29 is 52.1 Å². The van der Waals surface area contributed by atoms with Gasteiger partial charge < -0.3 is 60.5 Å². The smallest absolute Gasteiger partial charge is 1.00 e. The highest BCUT2D eigenvalue weighted by Crippen LogP contribution is 2.32. The first kappa shape index (κ1) is 29.5. The fraction of sp³-hybridized carbons (Fsp3) is 0.455. The predicted molar refractivity (Wildman–Crippen MR) is 125 cm³/mol. The lowest BCUT2D eigenvalue weighted by Gasteiger charge is -2.23. The molecule has 3 heterocycles. The molecule has 198 valence electrons. The molecule has 5 N–H and O–H groups in total. The number of imidazole rings is 1. The average molecular weight is 544 g/mol. The molecule has 14 heteroatoms. The van der Waals surface area contributed by atoms with E-state index in [9.17, 15) is 15.0 Å². The first-order valence-electron chi connectivity index (χ1n) is 10.8. The van der Waals surface area contributed by atoms with E-state index < -0.39 is 43.0 Å². The van der Waals surface area contributed by atoms with E-state index >= 15 is 0 Å². The molecule has 1 aliphatic heterocycles. The number of anilines is 1. The number of aliphatic hydroxyl groups excluding tert-OH is 2. The summed E-state index contributed by atoms with van der Waals surface area (Å²) >= 11 is 0. The van der Waals surface area contributed by atoms with E-state index in [2.05, 4.69) is 20.3 Å². The van der Waals surface area contributed by atoms with Crippen molar-refractivity contribution in [3.63, 3.8) is 0 Å². The maximum absolute atomic E-state index is 12.8. The third kappa shape index (κ3) is 5.80. The Hall–Kier alpha value is -2.74. The molecule has 0 bridgehead atoms. The highest BCUT2D eigenvalue weighted by atomic mass is 35.5. The number of rotatable bonds is 8. The van der Waals surface area contributed by atoms with E-state index in [0.29, 0.717) is 29.2 Å². The molecule has 1 unspecified atom stereocenters. The van der Waals surface area contributed by atoms with Gasteiger partial charge >= 0.3 is 2.85 Å². The maximum Gasteiger partial charge on any atom is 1.00 e. The van der Waals surface area contributed by atoms with Gasteiger partial charge in [0.05, 0.1) is 32.1 Å². The van der Waals surface area contributed by atoms with Gasteiger partial charge in [-0.25, -0.2) is 15.0 Å². The second-order valence-electron chi connectivity index (χ2n) is 8.35. The molecular weight excluding hydrogens is 513 g/mol. The summed E-state index contributed by atoms with van der Waals surface area (Å²) in [7, 11) is 5.25. The number of hydrogen-bond acceptors (Lipinski definition) is 10. The average Bonchev–Trinajstić information content (AvgIpc) is 3.40. The summed E-state index contributed by atoms with van der Waals surface area (Å²) in [5.41, 5.74) is 7.98. The van der Waals surface area contributed by atoms with Gasteiger partial charge in [-0.2, -0.15) is 0 Å². The molecule has 0 radical (unpaired) electrons. The molecule has 12 nitrogen and oxygen atoms in total. The van der Waals surface area contributed by atoms with Crippen molar-refractivity contribution in [1.82, 2.24) is 24.8 Å². The number of hydrogen-bond donors (Lipinski definition) is 4. The van der Waals surface area contributed by atoms with Crippen LogP contribution < -0.4 is 45.5 Å². The molecule has 0 saturated carbocycles. The Morgan fingerprint density at radius 1 is 1.28 bits per heavy atom. The van der Waals surface area contributed by atoms with Gasteiger partial charge in [0.2, 0.25) is 5.91 Å². The summed E-state index contributed by atoms with van der Waals surface area (Å²) in [5.74, 6) is 0.861. The summed E-state index contributed by atoms with van der Waals surface area (Å²) in [5, 5.41) is 23.6. The number of amides is 1. The SMILES string of the molecule is COc1ccc(C[C@H](N)C(=O)NC2[C@@H](O)[C@H](n3cnc4c(N(C)C)ncnc43)O[C@@H]2CO)cc1.[Cl-].[Cl-].[H+].[H+]. The molecule has 3 aromatic rings. The van der Waals surface area contributed by atoms with E-state index in [1.807, 2.05) is 26.2 Å². The largest absolute Gasteiger partial charge is 1.00 e. The summed E-state index contributed by atoms with van der Waals surface area (Å²) in [6, 6.07) is 5.52. The van der Waals surface area contributed by atoms with E-state index in [-0.39, 0.29) is 27.7 Å². The first-order valence-corrected chi connectivity index (χ1v) is 10.8. The highest BCUT2D eigenvalue weighted by molar-refractivity contribution is 5.83. The van der Waals surface area contributed by atoms with Crippen molar-refractivity contribution in [3.05, 3.63) is 42.5 Å². The van der Waals surface area contributed by atoms with Crippen LogP contribution in [-0.2, 0) is 16.0 Å². The van der Waals surface area contributed by atoms with Crippen molar-refractivity contribution in [2.45, 2.75) is 36.9 Å². The minimum Gasteiger partial charge on any atom is -1.00 e. The molecule has 1 saturated heterocycles. The standard InChI is InChI=1S/C22H29N7O5.2ClH/c1-28(2)19-17-20(25-10-24-19)29(11-26-17)22-18(31)16(15(9-30)34-22)27-21(32)14(23)8-12-4-6-13(33-3)7-5-12;;/h4-7,10-11,14-16,18,22,30-31H,8-9,23H2,1-3H3,(H,27,32);2*1H/t14-,15+,16?,18+,22+;;/m0../s1. The van der Waals surface area contributed by atoms with Crippen molar-refractivity contribution in [2.24, 2.45) is 5.73 Å². The number of aliphatic hydroxyl groups is 2. The van der Waals surface area contributed by atoms with Gasteiger partial charge in [-0.15, -0.1) is 0 Å². The van der Waals surface area contributed by atoms with Gasteiger partial charge in [0.25, 0.3) is 0 Å². The number of ether oxygens (including phenoxy) is 2. The number of fused-ring (bicyclic) bond motifs is 1. The number of benzene rings is 1. The number of aromatic nitrogens is 4. The fourth-order valence-electron chi connectivity index (χ4n) is 4.04. The van der Waals surface area contributed by atoms with E-state index in [1.54, 1.807) is 28.7 Å². The summed E-state index contributed by atoms with van der Waals surface area (Å²) in [6.07, 6.45) is 0.250. The zero-order chi connectivity index (χ0) is 24.4. The minimum absolute atomic E-state index is 0. The first-order chi connectivity index (χ1) is 16.3. The lowest BCUT2D eigenvalue weighted by molar-refractivity contribution is -0.124. The molecular formula is C22H31Cl2N7O5. The van der Waals surface area contributed by atoms with Gasteiger partial charge in [0.15, 0.2) is 23.2 Å². The van der Waals surface area contributed by atoms with Crippen LogP contribution in [-0.4, -0.2) is 87.7 Å². The molecule has 5 atom stereocenters. The molecule has 4 rings (SSSR count). The number of halogens is 2. The van der Waals surface area contributed by atoms with Crippen molar-refractivity contribution in [3.8, 4) is 5.75 Å². The topological polar surface area (TPSA) is 161 Å². The van der Waals surface area contributed by atoms with Crippen LogP contribution >= 0.6 is 0 Å². The molecule has 36 heavy (non-hydrogen) atoms. The summed E-state index contributed by atoms with van der Waals surface area (Å²) in [6.45, 7) is -0.406. The van der Waals surface area contributed by atoms with Crippen LogP contribution in [0.4, 0.5) is 5.82 Å². The Bertz CT molecular complexity index is 1160. The van der Waals surface area contributed by atoms with Gasteiger partial charge in [-0.05, 0) is 24.1 Å². The van der Waals surface area contributed by atoms with Gasteiger partial charge in [-0.3, -0.25) is 9.36 Å². The van der Waals surface area contributed by atoms with E-state index in [1.165, 1.54) is 12.7 Å². The quantitative estimate of drug-likeness (QED) is 0.215. The fourth-order valence-corrected chi connectivity index (χ4v) is 4.04. The zero-order valence-corrected chi connectivity index (χ0v) is 21.5. The zero-order valence-electron chi connectivity index (χ0n) is 22.0. The van der Waals surface area contributed by atoms with Crippen molar-refractivity contribution >= 4 is 22.9 Å². The Morgan fingerprint density at radius 2 is 1.97 bits per heavy atom. The molecule has 1 fully saturated rings. The lowest BCUT2D eigenvalue weighted by atomic mass is 10.0. The van der Waals surface area contributed by atoms with Crippen LogP contribution in [0.2, 0.25) is 0 Å². The molecule has 0 aliphatic carbocycles. The maximum atomic E-state index is 12.8. The Kier molecular flexibility index (Phi) is 10.2. The Labute approximate surface area is 223 Å². The molecule has 1 aromatic carbocycles. The Morgan fingerprint density at radius 3 is 2.58 bits per heavy atom. The van der Waals surface area contributed by atoms with Crippen LogP contribution in [0.3, 0.4) is 0 Å². The third-order valence-electron chi connectivity index (χ3n) is 5.85. The second kappa shape index (κ2) is 12.5. The third-order valence-corrected chi connectivity index (χ3v) is 5.85. The number of nitrogens with one attached hydrogen (secondary N) is 1. The summed E-state index contributed by atoms with van der Waals surface area (Å²) < 4.78 is 12.6. The lowest BCUT2D eigenvalue weighted by Crippen LogP contribution is -3.00. The molecule has 1 amide bonds. The van der Waals surface area contributed by atoms with Crippen LogP contribution in [0.25, 0.3) is 11.2 Å². The van der Waals surface area contributed by atoms with Crippen LogP contribution in [0.15, 0.2) is 36.9 Å². The van der Waals surface area contributed by atoms with Crippen LogP contribution in [0, 0.1) is 0 Å². The van der Waals surface area contributed by atoms with Crippen molar-refractivity contribution in [2.75, 3.05) is 32.7 Å². The Balaban J connectivity index is 0.00000342. The van der Waals surface area contributed by atoms with Crippen LogP contribution in [0.1, 0.15) is 14.6 Å². The van der Waals surface area contributed by atoms with Crippen LogP contribution in [0.5, 0.6) is 5.75 Å². The predicted octanol–water partition coefficient (Wildman–Crippen LogP) is -6.56. The number of methoxy groups -OCH3 is 1. The molecule has 0 spiro atoms. The summed E-state index contributed by atoms with van der Waals surface area (Å²) in [4.78, 5) is 27.5. The number of carbonyl (C=O) groups is 1. The molecule has 1 aliphatic rings. The van der Waals surface area contributed by atoms with Gasteiger partial charge in [0, 0.05) is 14.1 Å². The minimum atomic E-state index is -1.18. The number of nitrogens with zero attached hydrogens (tertiary/aromatic N) is 5. The molecule has 2 aromatic heterocycles. The van der Waals surface area contributed by atoms with Gasteiger partial charge in [-0.1, -0.05) is 12.1 Å². The second-order valence-corrected chi connectivity index (χ2v) is 8.35. The monoisotopic (exact) mass is 543 g/mol. The highest BCUT2D eigenvalue weighted by Gasteiger charge is 2.46. The normalized spacial score (nSPS) is 21.8. The van der Waals surface area contributed by atoms with E-state index in [4.69, 9.17) is 15.2 Å². The van der Waals surface area contributed by atoms with Crippen molar-refractivity contribution in [1.29, 1.82) is 0 Å². The number of nitrogens with two attached hydrogens (primary N) is 1. The number of carbonyl (C=O) groups excluding carboxylic acids is 1. The van der Waals surface area contributed by atoms with Gasteiger partial charge in [0.1, 0.15) is 24.3 Å². The van der Waals surface area contributed by atoms with E-state index in [0.717, 1.165) is 5.56 Å².